The van der Waals surface area contributed by atoms with E-state index in [1.165, 1.54) is 23.5 Å². The highest BCUT2D eigenvalue weighted by Gasteiger charge is 2.23. The van der Waals surface area contributed by atoms with Crippen LogP contribution in [0.3, 0.4) is 0 Å². The fraction of sp³-hybridized carbons (Fsp3) is 0.350. The van der Waals surface area contributed by atoms with Gasteiger partial charge in [-0.05, 0) is 37.3 Å². The van der Waals surface area contributed by atoms with Crippen molar-refractivity contribution in [3.63, 3.8) is 0 Å². The molecule has 0 atom stereocenters. The van der Waals surface area contributed by atoms with Crippen LogP contribution >= 0.6 is 0 Å². The fourth-order valence-corrected chi connectivity index (χ4v) is 4.35. The van der Waals surface area contributed by atoms with Crippen molar-refractivity contribution >= 4 is 33.1 Å². The molecule has 2 amide bonds. The van der Waals surface area contributed by atoms with Gasteiger partial charge < -0.3 is 20.7 Å². The third-order valence-electron chi connectivity index (χ3n) is 4.30. The quantitative estimate of drug-likeness (QED) is 0.573. The predicted octanol–water partition coefficient (Wildman–Crippen LogP) is 3.80. The minimum atomic E-state index is -3.65. The molecule has 0 heterocycles. The number of carbonyl (C=O) groups is 1. The Hall–Kier alpha value is -2.78. The van der Waals surface area contributed by atoms with E-state index >= 15 is 0 Å². The van der Waals surface area contributed by atoms with Crippen molar-refractivity contribution in [1.29, 1.82) is 0 Å². The molecule has 0 saturated heterocycles. The lowest BCUT2D eigenvalue weighted by molar-refractivity contribution is 0.262. The maximum absolute atomic E-state index is 12.8. The van der Waals surface area contributed by atoms with Crippen LogP contribution in [0, 0.1) is 0 Å². The molecular formula is C20H28N4O4S. The van der Waals surface area contributed by atoms with Gasteiger partial charge in [-0.3, -0.25) is 0 Å². The molecule has 0 radical (unpaired) electrons. The van der Waals surface area contributed by atoms with E-state index in [2.05, 4.69) is 16.0 Å². The van der Waals surface area contributed by atoms with Gasteiger partial charge in [0.05, 0.1) is 29.1 Å². The van der Waals surface area contributed by atoms with Gasteiger partial charge in [-0.25, -0.2) is 13.2 Å². The number of para-hydroxylation sites is 2. The number of rotatable bonds is 9. The van der Waals surface area contributed by atoms with E-state index in [0.717, 1.165) is 0 Å². The first-order valence-electron chi connectivity index (χ1n) is 9.46. The SMILES string of the molecule is CCNc1ccc(S(=O)(=O)N(CC)CC)cc1NC(=O)Nc1ccccc1OC. The molecule has 2 aromatic carbocycles. The van der Waals surface area contributed by atoms with Gasteiger partial charge in [0.1, 0.15) is 5.75 Å². The van der Waals surface area contributed by atoms with E-state index in [4.69, 9.17) is 4.74 Å². The molecule has 0 fully saturated rings. The molecule has 0 aliphatic carbocycles. The lowest BCUT2D eigenvalue weighted by Gasteiger charge is -2.20. The molecule has 0 bridgehead atoms. The monoisotopic (exact) mass is 420 g/mol. The molecule has 2 aromatic rings. The average molecular weight is 421 g/mol. The van der Waals surface area contributed by atoms with E-state index in [1.54, 1.807) is 44.2 Å². The summed E-state index contributed by atoms with van der Waals surface area (Å²) >= 11 is 0. The van der Waals surface area contributed by atoms with E-state index < -0.39 is 16.1 Å². The molecule has 0 spiro atoms. The van der Waals surface area contributed by atoms with Crippen molar-refractivity contribution in [2.45, 2.75) is 25.7 Å². The average Bonchev–Trinajstić information content (AvgIpc) is 2.70. The van der Waals surface area contributed by atoms with Crippen molar-refractivity contribution in [2.24, 2.45) is 0 Å². The summed E-state index contributed by atoms with van der Waals surface area (Å²) in [5.74, 6) is 0.521. The van der Waals surface area contributed by atoms with E-state index in [9.17, 15) is 13.2 Å². The Morgan fingerprint density at radius 2 is 1.62 bits per heavy atom. The largest absolute Gasteiger partial charge is 0.495 e. The number of hydrogen-bond acceptors (Lipinski definition) is 5. The first-order chi connectivity index (χ1) is 13.9. The Kier molecular flexibility index (Phi) is 7.86. The van der Waals surface area contributed by atoms with Crippen LogP contribution in [0.4, 0.5) is 21.9 Å². The Bertz CT molecular complexity index is 943. The summed E-state index contributed by atoms with van der Waals surface area (Å²) in [6.07, 6.45) is 0. The molecule has 0 unspecified atom stereocenters. The normalized spacial score (nSPS) is 11.2. The number of anilines is 3. The van der Waals surface area contributed by atoms with E-state index in [-0.39, 0.29) is 4.90 Å². The Balaban J connectivity index is 2.33. The second kappa shape index (κ2) is 10.1. The third kappa shape index (κ3) is 5.39. The number of nitrogens with one attached hydrogen (secondary N) is 3. The van der Waals surface area contributed by atoms with Crippen LogP contribution in [0.2, 0.25) is 0 Å². The van der Waals surface area contributed by atoms with Crippen LogP contribution in [-0.4, -0.2) is 45.5 Å². The smallest absolute Gasteiger partial charge is 0.323 e. The summed E-state index contributed by atoms with van der Waals surface area (Å²) in [7, 11) is -2.13. The van der Waals surface area contributed by atoms with Crippen LogP contribution < -0.4 is 20.7 Å². The number of hydrogen-bond donors (Lipinski definition) is 3. The Morgan fingerprint density at radius 3 is 2.24 bits per heavy atom. The van der Waals surface area contributed by atoms with Crippen LogP contribution in [0.5, 0.6) is 5.75 Å². The third-order valence-corrected chi connectivity index (χ3v) is 6.35. The van der Waals surface area contributed by atoms with Crippen molar-refractivity contribution in [2.75, 3.05) is 42.7 Å². The van der Waals surface area contributed by atoms with Crippen molar-refractivity contribution in [3.8, 4) is 5.75 Å². The molecule has 3 N–H and O–H groups in total. The summed E-state index contributed by atoms with van der Waals surface area (Å²) in [4.78, 5) is 12.7. The maximum atomic E-state index is 12.8. The van der Waals surface area contributed by atoms with Gasteiger partial charge in [-0.2, -0.15) is 4.31 Å². The standard InChI is InChI=1S/C20H28N4O4S/c1-5-21-16-13-12-15(29(26,27)24(6-2)7-3)14-18(16)23-20(25)22-17-10-8-9-11-19(17)28-4/h8-14,21H,5-7H2,1-4H3,(H2,22,23,25). The van der Waals surface area contributed by atoms with Gasteiger partial charge in [0, 0.05) is 19.6 Å². The van der Waals surface area contributed by atoms with E-state index in [1.807, 2.05) is 6.92 Å². The molecule has 9 heteroatoms. The summed E-state index contributed by atoms with van der Waals surface area (Å²) in [5.41, 5.74) is 1.50. The molecule has 158 valence electrons. The van der Waals surface area contributed by atoms with Crippen LogP contribution in [0.1, 0.15) is 20.8 Å². The number of benzene rings is 2. The number of amides is 2. The number of nitrogens with zero attached hydrogens (tertiary/aromatic N) is 1. The van der Waals surface area contributed by atoms with Crippen molar-refractivity contribution in [3.05, 3.63) is 42.5 Å². The van der Waals surface area contributed by atoms with Gasteiger partial charge >= 0.3 is 6.03 Å². The minimum Gasteiger partial charge on any atom is -0.495 e. The number of methoxy groups -OCH3 is 1. The predicted molar refractivity (Wildman–Crippen MR) is 116 cm³/mol. The van der Waals surface area contributed by atoms with E-state index in [0.29, 0.717) is 42.4 Å². The maximum Gasteiger partial charge on any atom is 0.323 e. The van der Waals surface area contributed by atoms with Gasteiger partial charge in [-0.15, -0.1) is 0 Å². The highest BCUT2D eigenvalue weighted by atomic mass is 32.2. The topological polar surface area (TPSA) is 99.8 Å². The summed E-state index contributed by atoms with van der Waals surface area (Å²) < 4.78 is 32.3. The number of ether oxygens (including phenoxy) is 1. The highest BCUT2D eigenvalue weighted by molar-refractivity contribution is 7.89. The molecule has 2 rings (SSSR count). The second-order valence-corrected chi connectivity index (χ2v) is 8.04. The summed E-state index contributed by atoms with van der Waals surface area (Å²) in [6, 6.07) is 11.2. The Labute approximate surface area is 172 Å². The Morgan fingerprint density at radius 1 is 0.966 bits per heavy atom. The first kappa shape index (κ1) is 22.5. The number of carbonyl (C=O) groups excluding carboxylic acids is 1. The summed E-state index contributed by atoms with van der Waals surface area (Å²) in [5, 5.41) is 8.58. The van der Waals surface area contributed by atoms with Crippen LogP contribution in [-0.2, 0) is 10.0 Å². The van der Waals surface area contributed by atoms with Crippen molar-refractivity contribution < 1.29 is 17.9 Å². The molecule has 0 aromatic heterocycles. The number of sulfonamides is 1. The zero-order valence-corrected chi connectivity index (χ0v) is 18.0. The molecular weight excluding hydrogens is 392 g/mol. The second-order valence-electron chi connectivity index (χ2n) is 6.11. The number of urea groups is 1. The van der Waals surface area contributed by atoms with Gasteiger partial charge in [0.15, 0.2) is 0 Å². The van der Waals surface area contributed by atoms with Gasteiger partial charge in [-0.1, -0.05) is 26.0 Å². The van der Waals surface area contributed by atoms with Gasteiger partial charge in [0.2, 0.25) is 10.0 Å². The molecule has 8 nitrogen and oxygen atoms in total. The molecule has 29 heavy (non-hydrogen) atoms. The molecule has 0 saturated carbocycles. The zero-order valence-electron chi connectivity index (χ0n) is 17.2. The zero-order chi connectivity index (χ0) is 21.4. The molecule has 0 aliphatic rings. The minimum absolute atomic E-state index is 0.121. The molecule has 0 aliphatic heterocycles. The van der Waals surface area contributed by atoms with Crippen LogP contribution in [0.25, 0.3) is 0 Å². The van der Waals surface area contributed by atoms with Crippen molar-refractivity contribution in [1.82, 2.24) is 4.31 Å². The first-order valence-corrected chi connectivity index (χ1v) is 10.9. The van der Waals surface area contributed by atoms with Crippen LogP contribution in [0.15, 0.2) is 47.4 Å². The van der Waals surface area contributed by atoms with Gasteiger partial charge in [0.25, 0.3) is 0 Å². The lowest BCUT2D eigenvalue weighted by atomic mass is 10.2. The highest BCUT2D eigenvalue weighted by Crippen LogP contribution is 2.28. The fourth-order valence-electron chi connectivity index (χ4n) is 2.87. The lowest BCUT2D eigenvalue weighted by Crippen LogP contribution is -2.30. The summed E-state index contributed by atoms with van der Waals surface area (Å²) in [6.45, 7) is 6.84.